The van der Waals surface area contributed by atoms with Gasteiger partial charge in [0.2, 0.25) is 11.8 Å². The zero-order valence-electron chi connectivity index (χ0n) is 12.9. The highest BCUT2D eigenvalue weighted by atomic mass is 16.5. The van der Waals surface area contributed by atoms with Crippen LogP contribution in [0.4, 0.5) is 5.69 Å². The zero-order valence-corrected chi connectivity index (χ0v) is 12.9. The molecule has 0 aliphatic carbocycles. The Morgan fingerprint density at radius 3 is 2.70 bits per heavy atom. The number of aromatic nitrogens is 2. The van der Waals surface area contributed by atoms with Gasteiger partial charge in [-0.05, 0) is 38.1 Å². The molecule has 1 fully saturated rings. The van der Waals surface area contributed by atoms with Crippen LogP contribution in [0.5, 0.6) is 0 Å². The highest BCUT2D eigenvalue weighted by Gasteiger charge is 2.25. The molecule has 1 saturated heterocycles. The maximum atomic E-state index is 12.3. The van der Waals surface area contributed by atoms with Gasteiger partial charge in [0.15, 0.2) is 5.82 Å². The number of amides is 1. The zero-order chi connectivity index (χ0) is 16.1. The van der Waals surface area contributed by atoms with Crippen LogP contribution in [-0.2, 0) is 17.9 Å². The number of para-hydroxylation sites is 1. The van der Waals surface area contributed by atoms with Crippen LogP contribution in [0.1, 0.15) is 24.6 Å². The Hall–Kier alpha value is -2.25. The van der Waals surface area contributed by atoms with E-state index in [4.69, 9.17) is 10.3 Å². The minimum absolute atomic E-state index is 0.0522. The number of rotatable bonds is 5. The molecule has 1 amide bonds. The lowest BCUT2D eigenvalue weighted by atomic mass is 9.96. The van der Waals surface area contributed by atoms with Crippen molar-refractivity contribution in [2.24, 2.45) is 11.7 Å². The van der Waals surface area contributed by atoms with E-state index in [1.807, 2.05) is 30.3 Å². The summed E-state index contributed by atoms with van der Waals surface area (Å²) >= 11 is 0. The molecule has 0 spiro atoms. The molecule has 1 aromatic heterocycles. The van der Waals surface area contributed by atoms with Gasteiger partial charge in [-0.3, -0.25) is 9.69 Å². The lowest BCUT2D eigenvalue weighted by molar-refractivity contribution is -0.121. The number of nitrogens with one attached hydrogen (secondary N) is 1. The summed E-state index contributed by atoms with van der Waals surface area (Å²) in [7, 11) is 0. The Labute approximate surface area is 134 Å². The topological polar surface area (TPSA) is 97.3 Å². The van der Waals surface area contributed by atoms with Gasteiger partial charge >= 0.3 is 0 Å². The van der Waals surface area contributed by atoms with Gasteiger partial charge in [-0.2, -0.15) is 4.98 Å². The highest BCUT2D eigenvalue weighted by Crippen LogP contribution is 2.20. The Balaban J connectivity index is 1.47. The van der Waals surface area contributed by atoms with Gasteiger partial charge in [-0.15, -0.1) is 0 Å². The number of hydrogen-bond acceptors (Lipinski definition) is 6. The molecule has 1 aromatic carbocycles. The molecule has 0 saturated carbocycles. The molecule has 3 N–H and O–H groups in total. The molecule has 0 atom stereocenters. The van der Waals surface area contributed by atoms with Gasteiger partial charge < -0.3 is 15.6 Å². The van der Waals surface area contributed by atoms with Crippen molar-refractivity contribution in [3.63, 3.8) is 0 Å². The van der Waals surface area contributed by atoms with Crippen molar-refractivity contribution >= 4 is 11.6 Å². The predicted molar refractivity (Wildman–Crippen MR) is 85.3 cm³/mol. The summed E-state index contributed by atoms with van der Waals surface area (Å²) < 4.78 is 5.00. The van der Waals surface area contributed by atoms with E-state index >= 15 is 0 Å². The molecule has 7 nitrogen and oxygen atoms in total. The van der Waals surface area contributed by atoms with E-state index in [2.05, 4.69) is 20.4 Å². The molecule has 3 rings (SSSR count). The fourth-order valence-corrected chi connectivity index (χ4v) is 2.76. The molecule has 2 heterocycles. The van der Waals surface area contributed by atoms with Crippen molar-refractivity contribution in [1.82, 2.24) is 15.0 Å². The Morgan fingerprint density at radius 1 is 1.30 bits per heavy atom. The van der Waals surface area contributed by atoms with Crippen LogP contribution < -0.4 is 11.1 Å². The highest BCUT2D eigenvalue weighted by molar-refractivity contribution is 5.92. The molecule has 7 heteroatoms. The van der Waals surface area contributed by atoms with Gasteiger partial charge in [-0.25, -0.2) is 0 Å². The second-order valence-electron chi connectivity index (χ2n) is 5.71. The summed E-state index contributed by atoms with van der Waals surface area (Å²) in [5, 5.41) is 6.88. The summed E-state index contributed by atoms with van der Waals surface area (Å²) in [5.41, 5.74) is 6.30. The van der Waals surface area contributed by atoms with Crippen LogP contribution in [0.15, 0.2) is 34.9 Å². The summed E-state index contributed by atoms with van der Waals surface area (Å²) in [5.74, 6) is 1.26. The SMILES string of the molecule is NCc1nc(CN2CCC(C(=O)Nc3ccccc3)CC2)no1. The number of hydrogen-bond donors (Lipinski definition) is 2. The second kappa shape index (κ2) is 7.34. The molecule has 122 valence electrons. The smallest absolute Gasteiger partial charge is 0.240 e. The molecule has 0 radical (unpaired) electrons. The number of nitrogens with zero attached hydrogens (tertiary/aromatic N) is 3. The summed E-state index contributed by atoms with van der Waals surface area (Å²) in [6.07, 6.45) is 1.67. The minimum Gasteiger partial charge on any atom is -0.338 e. The number of piperidine rings is 1. The lowest BCUT2D eigenvalue weighted by Gasteiger charge is -2.30. The van der Waals surface area contributed by atoms with Crippen molar-refractivity contribution in [2.75, 3.05) is 18.4 Å². The summed E-state index contributed by atoms with van der Waals surface area (Å²) in [4.78, 5) is 18.7. The summed E-state index contributed by atoms with van der Waals surface area (Å²) in [6, 6.07) is 9.57. The minimum atomic E-state index is 0.0522. The van der Waals surface area contributed by atoms with Crippen LogP contribution >= 0.6 is 0 Å². The number of carbonyl (C=O) groups is 1. The third-order valence-electron chi connectivity index (χ3n) is 4.05. The van der Waals surface area contributed by atoms with Crippen molar-refractivity contribution in [2.45, 2.75) is 25.9 Å². The number of nitrogens with two attached hydrogens (primary N) is 1. The molecule has 1 aliphatic rings. The molecule has 2 aromatic rings. The number of benzene rings is 1. The molecular formula is C16H21N5O2. The van der Waals surface area contributed by atoms with E-state index in [9.17, 15) is 4.79 Å². The first kappa shape index (κ1) is 15.6. The Kier molecular flexibility index (Phi) is 4.99. The van der Waals surface area contributed by atoms with Crippen molar-refractivity contribution in [1.29, 1.82) is 0 Å². The van der Waals surface area contributed by atoms with Crippen LogP contribution in [0.3, 0.4) is 0 Å². The largest absolute Gasteiger partial charge is 0.338 e. The normalized spacial score (nSPS) is 16.4. The molecular weight excluding hydrogens is 294 g/mol. The van der Waals surface area contributed by atoms with Gasteiger partial charge in [-0.1, -0.05) is 23.4 Å². The average Bonchev–Trinajstić information content (AvgIpc) is 3.04. The van der Waals surface area contributed by atoms with Gasteiger partial charge in [0, 0.05) is 11.6 Å². The number of likely N-dealkylation sites (tertiary alicyclic amines) is 1. The number of carbonyl (C=O) groups excluding carboxylic acids is 1. The van der Waals surface area contributed by atoms with Crippen LogP contribution in [0, 0.1) is 5.92 Å². The Morgan fingerprint density at radius 2 is 2.04 bits per heavy atom. The predicted octanol–water partition coefficient (Wildman–Crippen LogP) is 1.38. The fourth-order valence-electron chi connectivity index (χ4n) is 2.76. The van der Waals surface area contributed by atoms with Gasteiger partial charge in [0.05, 0.1) is 13.1 Å². The van der Waals surface area contributed by atoms with E-state index < -0.39 is 0 Å². The quantitative estimate of drug-likeness (QED) is 0.865. The van der Waals surface area contributed by atoms with E-state index in [-0.39, 0.29) is 18.4 Å². The first-order chi connectivity index (χ1) is 11.2. The maximum absolute atomic E-state index is 12.3. The maximum Gasteiger partial charge on any atom is 0.240 e. The molecule has 23 heavy (non-hydrogen) atoms. The number of anilines is 1. The third-order valence-corrected chi connectivity index (χ3v) is 4.05. The summed E-state index contributed by atoms with van der Waals surface area (Å²) in [6.45, 7) is 2.59. The van der Waals surface area contributed by atoms with Crippen LogP contribution in [0.25, 0.3) is 0 Å². The first-order valence-corrected chi connectivity index (χ1v) is 7.84. The van der Waals surface area contributed by atoms with Crippen molar-refractivity contribution < 1.29 is 9.32 Å². The first-order valence-electron chi connectivity index (χ1n) is 7.84. The van der Waals surface area contributed by atoms with Crippen LogP contribution in [-0.4, -0.2) is 34.0 Å². The third kappa shape index (κ3) is 4.14. The average molecular weight is 315 g/mol. The van der Waals surface area contributed by atoms with E-state index in [0.717, 1.165) is 31.6 Å². The van der Waals surface area contributed by atoms with Gasteiger partial charge in [0.1, 0.15) is 0 Å². The van der Waals surface area contributed by atoms with Gasteiger partial charge in [0.25, 0.3) is 0 Å². The van der Waals surface area contributed by atoms with E-state index in [1.54, 1.807) is 0 Å². The van der Waals surface area contributed by atoms with E-state index in [0.29, 0.717) is 18.3 Å². The standard InChI is InChI=1S/C16H21N5O2/c17-10-15-19-14(20-23-15)11-21-8-6-12(7-9-21)16(22)18-13-4-2-1-3-5-13/h1-5,12H,6-11,17H2,(H,18,22). The van der Waals surface area contributed by atoms with Crippen LogP contribution in [0.2, 0.25) is 0 Å². The van der Waals surface area contributed by atoms with E-state index in [1.165, 1.54) is 0 Å². The Bertz CT molecular complexity index is 635. The van der Waals surface area contributed by atoms with Crippen molar-refractivity contribution in [3.05, 3.63) is 42.0 Å². The lowest BCUT2D eigenvalue weighted by Crippen LogP contribution is -2.38. The van der Waals surface area contributed by atoms with Crippen molar-refractivity contribution in [3.8, 4) is 0 Å². The monoisotopic (exact) mass is 315 g/mol. The fraction of sp³-hybridized carbons (Fsp3) is 0.438. The molecule has 0 unspecified atom stereocenters. The molecule has 0 bridgehead atoms. The molecule has 1 aliphatic heterocycles. The second-order valence-corrected chi connectivity index (χ2v) is 5.71.